The molecular formula is C24H24N4O2S2. The molecular weight excluding hydrogens is 440 g/mol. The first-order valence-corrected chi connectivity index (χ1v) is 12.4. The average molecular weight is 465 g/mol. The van der Waals surface area contributed by atoms with Gasteiger partial charge in [-0.05, 0) is 29.5 Å². The van der Waals surface area contributed by atoms with Crippen molar-refractivity contribution < 1.29 is 9.53 Å². The first kappa shape index (κ1) is 21.2. The zero-order valence-electron chi connectivity index (χ0n) is 17.9. The molecule has 5 rings (SSSR count). The number of rotatable bonds is 7. The number of hydrogen-bond acceptors (Lipinski definition) is 7. The minimum Gasteiger partial charge on any atom is -0.378 e. The number of carbonyl (C=O) groups excluding carboxylic acids is 1. The summed E-state index contributed by atoms with van der Waals surface area (Å²) in [6.07, 6.45) is 0. The molecule has 0 radical (unpaired) electrons. The van der Waals surface area contributed by atoms with E-state index in [0.29, 0.717) is 25.5 Å². The third-order valence-corrected chi connectivity index (χ3v) is 7.88. The van der Waals surface area contributed by atoms with Gasteiger partial charge in [-0.15, -0.1) is 21.5 Å². The predicted octanol–water partition coefficient (Wildman–Crippen LogP) is 4.66. The van der Waals surface area contributed by atoms with E-state index in [-0.39, 0.29) is 5.78 Å². The monoisotopic (exact) mass is 464 g/mol. The first-order valence-electron chi connectivity index (χ1n) is 10.6. The van der Waals surface area contributed by atoms with Crippen LogP contribution >= 0.6 is 23.1 Å². The molecule has 0 saturated carbocycles. The molecule has 1 saturated heterocycles. The maximum atomic E-state index is 13.1. The minimum atomic E-state index is 0.135. The Labute approximate surface area is 195 Å². The summed E-state index contributed by atoms with van der Waals surface area (Å²) >= 11 is 3.04. The fourth-order valence-electron chi connectivity index (χ4n) is 3.93. The van der Waals surface area contributed by atoms with Crippen molar-refractivity contribution in [2.75, 3.05) is 37.0 Å². The second-order valence-corrected chi connectivity index (χ2v) is 9.71. The van der Waals surface area contributed by atoms with Crippen molar-refractivity contribution in [1.29, 1.82) is 0 Å². The van der Waals surface area contributed by atoms with Crippen LogP contribution in [0, 0.1) is 6.92 Å². The van der Waals surface area contributed by atoms with Gasteiger partial charge in [-0.3, -0.25) is 9.36 Å². The molecule has 0 N–H and O–H groups in total. The molecule has 0 bridgehead atoms. The summed E-state index contributed by atoms with van der Waals surface area (Å²) in [7, 11) is 0. The highest BCUT2D eigenvalue weighted by atomic mass is 32.2. The summed E-state index contributed by atoms with van der Waals surface area (Å²) in [6, 6.07) is 18.5. The lowest BCUT2D eigenvalue weighted by atomic mass is 10.1. The van der Waals surface area contributed by atoms with Crippen LogP contribution in [0.2, 0.25) is 0 Å². The Hall–Kier alpha value is -2.68. The number of ether oxygens (including phenoxy) is 1. The molecule has 1 aliphatic rings. The molecule has 3 heterocycles. The lowest BCUT2D eigenvalue weighted by molar-refractivity contribution is 0.102. The third kappa shape index (κ3) is 4.30. The van der Waals surface area contributed by atoms with E-state index in [1.807, 2.05) is 37.3 Å². The number of hydrogen-bond donors (Lipinski definition) is 0. The number of fused-ring (bicyclic) bond motifs is 1. The van der Waals surface area contributed by atoms with Gasteiger partial charge < -0.3 is 9.64 Å². The van der Waals surface area contributed by atoms with Crippen LogP contribution < -0.4 is 4.90 Å². The van der Waals surface area contributed by atoms with Gasteiger partial charge in [0.25, 0.3) is 0 Å². The Kier molecular flexibility index (Phi) is 6.25. The van der Waals surface area contributed by atoms with Crippen LogP contribution in [0.1, 0.15) is 20.8 Å². The molecule has 0 unspecified atom stereocenters. The standard InChI is InChI=1S/C24H24N4O2S2/c1-17-19-9-5-6-10-21(19)32-22(17)20(29)16-31-24-26-25-23(27-11-13-30-14-12-27)28(24)15-18-7-3-2-4-8-18/h2-10H,11-16H2,1H3. The van der Waals surface area contributed by atoms with Gasteiger partial charge in [0, 0.05) is 17.8 Å². The van der Waals surface area contributed by atoms with Gasteiger partial charge in [0.15, 0.2) is 10.9 Å². The smallest absolute Gasteiger partial charge is 0.228 e. The van der Waals surface area contributed by atoms with Gasteiger partial charge in [-0.25, -0.2) is 0 Å². The van der Waals surface area contributed by atoms with Crippen LogP contribution in [-0.4, -0.2) is 52.6 Å². The van der Waals surface area contributed by atoms with E-state index in [1.165, 1.54) is 17.3 Å². The number of Topliss-reactive ketones (excluding diaryl/α,β-unsaturated/α-hetero) is 1. The molecule has 0 aliphatic carbocycles. The van der Waals surface area contributed by atoms with E-state index in [4.69, 9.17) is 4.74 Å². The number of ketones is 1. The van der Waals surface area contributed by atoms with Gasteiger partial charge in [0.05, 0.1) is 30.4 Å². The number of nitrogens with zero attached hydrogens (tertiary/aromatic N) is 4. The lowest BCUT2D eigenvalue weighted by Crippen LogP contribution is -2.38. The van der Waals surface area contributed by atoms with Crippen LogP contribution in [0.25, 0.3) is 10.1 Å². The van der Waals surface area contributed by atoms with Gasteiger partial charge in [0.2, 0.25) is 5.95 Å². The molecule has 8 heteroatoms. The summed E-state index contributed by atoms with van der Waals surface area (Å²) in [5.41, 5.74) is 2.24. The molecule has 0 spiro atoms. The van der Waals surface area contributed by atoms with Gasteiger partial charge in [0.1, 0.15) is 0 Å². The van der Waals surface area contributed by atoms with E-state index in [9.17, 15) is 4.79 Å². The molecule has 2 aromatic heterocycles. The Morgan fingerprint density at radius 1 is 1.06 bits per heavy atom. The van der Waals surface area contributed by atoms with Crippen LogP contribution in [0.3, 0.4) is 0 Å². The molecule has 32 heavy (non-hydrogen) atoms. The molecule has 4 aromatic rings. The van der Waals surface area contributed by atoms with E-state index < -0.39 is 0 Å². The molecule has 0 amide bonds. The molecule has 0 atom stereocenters. The maximum Gasteiger partial charge on any atom is 0.228 e. The van der Waals surface area contributed by atoms with Crippen LogP contribution in [0.4, 0.5) is 5.95 Å². The van der Waals surface area contributed by atoms with Crippen molar-refractivity contribution in [2.24, 2.45) is 0 Å². The number of morpholine rings is 1. The number of aryl methyl sites for hydroxylation is 1. The summed E-state index contributed by atoms with van der Waals surface area (Å²) in [5, 5.41) is 10.9. The summed E-state index contributed by atoms with van der Waals surface area (Å²) in [6.45, 7) is 5.65. The number of carbonyl (C=O) groups is 1. The largest absolute Gasteiger partial charge is 0.378 e. The van der Waals surface area contributed by atoms with Crippen molar-refractivity contribution in [3.8, 4) is 0 Å². The van der Waals surface area contributed by atoms with Crippen molar-refractivity contribution >= 4 is 44.9 Å². The number of aromatic nitrogens is 3. The van der Waals surface area contributed by atoms with Crippen molar-refractivity contribution in [1.82, 2.24) is 14.8 Å². The van der Waals surface area contributed by atoms with Crippen LogP contribution in [-0.2, 0) is 11.3 Å². The second-order valence-electron chi connectivity index (χ2n) is 7.72. The number of anilines is 1. The van der Waals surface area contributed by atoms with Gasteiger partial charge in [-0.1, -0.05) is 60.3 Å². The predicted molar refractivity (Wildman–Crippen MR) is 130 cm³/mol. The SMILES string of the molecule is Cc1c(C(=O)CSc2nnc(N3CCOCC3)n2Cc2ccccc2)sc2ccccc12. The Balaban J connectivity index is 1.39. The van der Waals surface area contributed by atoms with E-state index in [1.54, 1.807) is 11.3 Å². The Morgan fingerprint density at radius 3 is 2.59 bits per heavy atom. The van der Waals surface area contributed by atoms with Gasteiger partial charge >= 0.3 is 0 Å². The van der Waals surface area contributed by atoms with Crippen LogP contribution in [0.15, 0.2) is 59.8 Å². The zero-order chi connectivity index (χ0) is 21.9. The summed E-state index contributed by atoms with van der Waals surface area (Å²) < 4.78 is 8.78. The third-order valence-electron chi connectivity index (χ3n) is 5.60. The van der Waals surface area contributed by atoms with E-state index in [0.717, 1.165) is 44.7 Å². The first-order chi connectivity index (χ1) is 15.7. The summed E-state index contributed by atoms with van der Waals surface area (Å²) in [4.78, 5) is 16.1. The fourth-order valence-corrected chi connectivity index (χ4v) is 5.97. The highest BCUT2D eigenvalue weighted by molar-refractivity contribution is 7.99. The highest BCUT2D eigenvalue weighted by Crippen LogP contribution is 2.32. The Morgan fingerprint density at radius 2 is 1.81 bits per heavy atom. The average Bonchev–Trinajstić information content (AvgIpc) is 3.40. The minimum absolute atomic E-state index is 0.135. The van der Waals surface area contributed by atoms with Crippen LogP contribution in [0.5, 0.6) is 0 Å². The van der Waals surface area contributed by atoms with E-state index >= 15 is 0 Å². The molecule has 164 valence electrons. The number of benzene rings is 2. The molecule has 6 nitrogen and oxygen atoms in total. The van der Waals surface area contributed by atoms with Crippen molar-refractivity contribution in [3.63, 3.8) is 0 Å². The van der Waals surface area contributed by atoms with Gasteiger partial charge in [-0.2, -0.15) is 0 Å². The normalized spacial score (nSPS) is 14.2. The topological polar surface area (TPSA) is 60.3 Å². The van der Waals surface area contributed by atoms with Crippen molar-refractivity contribution in [2.45, 2.75) is 18.6 Å². The Bertz CT molecular complexity index is 1230. The van der Waals surface area contributed by atoms with E-state index in [2.05, 4.69) is 43.9 Å². The molecule has 1 aliphatic heterocycles. The second kappa shape index (κ2) is 9.44. The van der Waals surface area contributed by atoms with Crippen molar-refractivity contribution in [3.05, 3.63) is 70.6 Å². The highest BCUT2D eigenvalue weighted by Gasteiger charge is 2.22. The zero-order valence-corrected chi connectivity index (χ0v) is 19.5. The lowest BCUT2D eigenvalue weighted by Gasteiger charge is -2.28. The summed E-state index contributed by atoms with van der Waals surface area (Å²) in [5.74, 6) is 1.31. The number of thiophene rings is 1. The number of thioether (sulfide) groups is 1. The fraction of sp³-hybridized carbons (Fsp3) is 0.292. The quantitative estimate of drug-likeness (QED) is 0.293. The molecule has 2 aromatic carbocycles. The molecule has 1 fully saturated rings. The maximum absolute atomic E-state index is 13.1.